The molecule has 2 nitrogen and oxygen atoms in total. The molecule has 1 aromatic carbocycles. The van der Waals surface area contributed by atoms with Crippen LogP contribution in [-0.2, 0) is 9.31 Å². The summed E-state index contributed by atoms with van der Waals surface area (Å²) < 4.78 is 12.2. The summed E-state index contributed by atoms with van der Waals surface area (Å²) in [5.74, 6) is 0.242. The molecular weight excluding hydrogens is 223 g/mol. The minimum atomic E-state index is -0.253. The van der Waals surface area contributed by atoms with Gasteiger partial charge in [0.05, 0.1) is 11.2 Å². The topological polar surface area (TPSA) is 18.5 Å². The average molecular weight is 246 g/mol. The predicted molar refractivity (Wildman–Crippen MR) is 75.7 cm³/mol. The Morgan fingerprint density at radius 1 is 0.944 bits per heavy atom. The molecule has 1 aliphatic rings. The van der Waals surface area contributed by atoms with Crippen LogP contribution in [0, 0.1) is 6.92 Å². The standard InChI is InChI=1S/C15H23BO2/c1-11-7-9-13(10-8-11)12(2)16-17-14(3,4)15(5,6)18-16/h7-10,12H,1-6H3/t12-/m1/s1. The molecule has 1 aliphatic heterocycles. The van der Waals surface area contributed by atoms with Gasteiger partial charge in [-0.25, -0.2) is 0 Å². The number of rotatable bonds is 2. The van der Waals surface area contributed by atoms with Gasteiger partial charge in [-0.2, -0.15) is 0 Å². The summed E-state index contributed by atoms with van der Waals surface area (Å²) in [7, 11) is -0.169. The predicted octanol–water partition coefficient (Wildman–Crippen LogP) is 3.73. The summed E-state index contributed by atoms with van der Waals surface area (Å²) >= 11 is 0. The molecule has 0 aromatic heterocycles. The molecular formula is C15H23BO2. The number of benzene rings is 1. The summed E-state index contributed by atoms with van der Waals surface area (Å²) in [5.41, 5.74) is 2.03. The Labute approximate surface area is 111 Å². The lowest BCUT2D eigenvalue weighted by Crippen LogP contribution is -2.41. The van der Waals surface area contributed by atoms with Crippen molar-refractivity contribution in [2.24, 2.45) is 0 Å². The highest BCUT2D eigenvalue weighted by molar-refractivity contribution is 6.47. The minimum absolute atomic E-state index is 0.169. The van der Waals surface area contributed by atoms with E-state index < -0.39 is 0 Å². The molecule has 0 unspecified atom stereocenters. The maximum atomic E-state index is 6.09. The summed E-state index contributed by atoms with van der Waals surface area (Å²) in [6.07, 6.45) is 0. The zero-order valence-corrected chi connectivity index (χ0v) is 12.3. The fourth-order valence-electron chi connectivity index (χ4n) is 2.12. The van der Waals surface area contributed by atoms with Crippen molar-refractivity contribution in [3.8, 4) is 0 Å². The first kappa shape index (κ1) is 13.6. The zero-order valence-electron chi connectivity index (χ0n) is 12.3. The minimum Gasteiger partial charge on any atom is -0.403 e. The Hall–Kier alpha value is -0.795. The van der Waals surface area contributed by atoms with E-state index in [2.05, 4.69) is 65.8 Å². The van der Waals surface area contributed by atoms with E-state index in [1.165, 1.54) is 11.1 Å². The van der Waals surface area contributed by atoms with Crippen molar-refractivity contribution < 1.29 is 9.31 Å². The molecule has 0 amide bonds. The zero-order chi connectivity index (χ0) is 13.6. The Morgan fingerprint density at radius 2 is 1.39 bits per heavy atom. The quantitative estimate of drug-likeness (QED) is 0.740. The summed E-state index contributed by atoms with van der Waals surface area (Å²) in [4.78, 5) is 0. The van der Waals surface area contributed by atoms with Crippen molar-refractivity contribution in [2.75, 3.05) is 0 Å². The lowest BCUT2D eigenvalue weighted by Gasteiger charge is -2.32. The molecule has 1 atom stereocenters. The van der Waals surface area contributed by atoms with Crippen LogP contribution >= 0.6 is 0 Å². The van der Waals surface area contributed by atoms with Crippen molar-refractivity contribution in [2.45, 2.75) is 58.6 Å². The Bertz CT molecular complexity index is 407. The second-order valence-electron chi connectivity index (χ2n) is 6.32. The van der Waals surface area contributed by atoms with Crippen LogP contribution in [0.15, 0.2) is 24.3 Å². The highest BCUT2D eigenvalue weighted by atomic mass is 16.7. The van der Waals surface area contributed by atoms with Crippen molar-refractivity contribution in [1.82, 2.24) is 0 Å². The van der Waals surface area contributed by atoms with Crippen LogP contribution in [0.5, 0.6) is 0 Å². The summed E-state index contributed by atoms with van der Waals surface area (Å²) in [6.45, 7) is 12.6. The molecule has 0 radical (unpaired) electrons. The monoisotopic (exact) mass is 246 g/mol. The molecule has 98 valence electrons. The van der Waals surface area contributed by atoms with Gasteiger partial charge in [-0.15, -0.1) is 0 Å². The van der Waals surface area contributed by atoms with E-state index in [9.17, 15) is 0 Å². The van der Waals surface area contributed by atoms with E-state index in [4.69, 9.17) is 9.31 Å². The van der Waals surface area contributed by atoms with E-state index in [0.29, 0.717) is 0 Å². The van der Waals surface area contributed by atoms with Crippen LogP contribution in [0.1, 0.15) is 51.6 Å². The average Bonchev–Trinajstić information content (AvgIpc) is 2.48. The molecule has 0 aliphatic carbocycles. The van der Waals surface area contributed by atoms with Gasteiger partial charge in [0.2, 0.25) is 0 Å². The number of hydrogen-bond acceptors (Lipinski definition) is 2. The second-order valence-corrected chi connectivity index (χ2v) is 6.32. The number of aryl methyl sites for hydroxylation is 1. The molecule has 0 saturated carbocycles. The largest absolute Gasteiger partial charge is 0.465 e. The molecule has 18 heavy (non-hydrogen) atoms. The molecule has 0 N–H and O–H groups in total. The Kier molecular flexibility index (Phi) is 3.33. The van der Waals surface area contributed by atoms with Gasteiger partial charge < -0.3 is 9.31 Å². The lowest BCUT2D eigenvalue weighted by molar-refractivity contribution is 0.00578. The number of hydrogen-bond donors (Lipinski definition) is 0. The first-order chi connectivity index (χ1) is 8.23. The summed E-state index contributed by atoms with van der Waals surface area (Å²) in [5, 5.41) is 0. The van der Waals surface area contributed by atoms with Crippen LogP contribution in [0.3, 0.4) is 0 Å². The van der Waals surface area contributed by atoms with Crippen LogP contribution in [-0.4, -0.2) is 18.3 Å². The third-order valence-corrected chi connectivity index (χ3v) is 4.28. The normalized spacial score (nSPS) is 23.1. The molecule has 1 fully saturated rings. The van der Waals surface area contributed by atoms with Gasteiger partial charge in [0.25, 0.3) is 0 Å². The highest BCUT2D eigenvalue weighted by Gasteiger charge is 2.52. The Balaban J connectivity index is 2.17. The van der Waals surface area contributed by atoms with Crippen LogP contribution in [0.25, 0.3) is 0 Å². The van der Waals surface area contributed by atoms with Gasteiger partial charge in [-0.1, -0.05) is 36.8 Å². The summed E-state index contributed by atoms with van der Waals surface area (Å²) in [6, 6.07) is 8.59. The van der Waals surface area contributed by atoms with E-state index in [0.717, 1.165) is 0 Å². The third-order valence-electron chi connectivity index (χ3n) is 4.28. The molecule has 1 aromatic rings. The van der Waals surface area contributed by atoms with Crippen LogP contribution in [0.4, 0.5) is 0 Å². The highest BCUT2D eigenvalue weighted by Crippen LogP contribution is 2.40. The van der Waals surface area contributed by atoms with Gasteiger partial charge >= 0.3 is 7.12 Å². The van der Waals surface area contributed by atoms with Crippen molar-refractivity contribution >= 4 is 7.12 Å². The van der Waals surface area contributed by atoms with Crippen LogP contribution < -0.4 is 0 Å². The second kappa shape index (κ2) is 4.39. The van der Waals surface area contributed by atoms with Crippen molar-refractivity contribution in [3.63, 3.8) is 0 Å². The Morgan fingerprint density at radius 3 is 1.83 bits per heavy atom. The van der Waals surface area contributed by atoms with E-state index >= 15 is 0 Å². The molecule has 3 heteroatoms. The molecule has 0 spiro atoms. The SMILES string of the molecule is Cc1ccc([C@@H](C)B2OC(C)(C)C(C)(C)O2)cc1. The van der Waals surface area contributed by atoms with E-state index in [-0.39, 0.29) is 24.1 Å². The molecule has 2 rings (SSSR count). The first-order valence-electron chi connectivity index (χ1n) is 6.65. The van der Waals surface area contributed by atoms with E-state index in [1.54, 1.807) is 0 Å². The third kappa shape index (κ3) is 2.34. The first-order valence-corrected chi connectivity index (χ1v) is 6.65. The molecule has 0 bridgehead atoms. The fraction of sp³-hybridized carbons (Fsp3) is 0.600. The van der Waals surface area contributed by atoms with Gasteiger partial charge in [0, 0.05) is 5.82 Å². The maximum Gasteiger partial charge on any atom is 0.465 e. The van der Waals surface area contributed by atoms with Crippen molar-refractivity contribution in [3.05, 3.63) is 35.4 Å². The molecule has 1 heterocycles. The molecule has 1 saturated heterocycles. The smallest absolute Gasteiger partial charge is 0.403 e. The van der Waals surface area contributed by atoms with Crippen molar-refractivity contribution in [1.29, 1.82) is 0 Å². The van der Waals surface area contributed by atoms with E-state index in [1.807, 2.05) is 0 Å². The maximum absolute atomic E-state index is 6.09. The van der Waals surface area contributed by atoms with Gasteiger partial charge in [-0.05, 0) is 40.2 Å². The fourth-order valence-corrected chi connectivity index (χ4v) is 2.12. The van der Waals surface area contributed by atoms with Gasteiger partial charge in [-0.3, -0.25) is 0 Å². The van der Waals surface area contributed by atoms with Gasteiger partial charge in [0.15, 0.2) is 0 Å². The lowest BCUT2D eigenvalue weighted by atomic mass is 9.69. The van der Waals surface area contributed by atoms with Gasteiger partial charge in [0.1, 0.15) is 0 Å². The van der Waals surface area contributed by atoms with Crippen LogP contribution in [0.2, 0.25) is 0 Å².